The number of carbonyl (C=O) groups is 1. The Bertz CT molecular complexity index is 654. The molecule has 1 aromatic heterocycles. The quantitative estimate of drug-likeness (QED) is 0.822. The first-order valence-corrected chi connectivity index (χ1v) is 9.85. The Morgan fingerprint density at radius 2 is 1.96 bits per heavy atom. The molecule has 0 N–H and O–H groups in total. The highest BCUT2D eigenvalue weighted by atomic mass is 16.5. The summed E-state index contributed by atoms with van der Waals surface area (Å²) in [6.07, 6.45) is 7.40. The van der Waals surface area contributed by atoms with Crippen molar-refractivity contribution in [2.45, 2.75) is 69.7 Å². The number of hydrogen-bond donors (Lipinski definition) is 0. The summed E-state index contributed by atoms with van der Waals surface area (Å²) in [5, 5.41) is 8.77. The molecule has 0 spiro atoms. The highest BCUT2D eigenvalue weighted by Crippen LogP contribution is 2.39. The summed E-state index contributed by atoms with van der Waals surface area (Å²) < 4.78 is 8.18. The number of rotatable bonds is 3. The molecule has 136 valence electrons. The van der Waals surface area contributed by atoms with Crippen LogP contribution in [-0.2, 0) is 22.6 Å². The molecule has 1 amide bonds. The number of carbonyl (C=O) groups excluding carboxylic acids is 1. The number of nitrogens with zero attached hydrogens (tertiary/aromatic N) is 5. The highest BCUT2D eigenvalue weighted by Gasteiger charge is 2.37. The Balaban J connectivity index is 1.23. The van der Waals surface area contributed by atoms with Gasteiger partial charge in [-0.15, -0.1) is 10.2 Å². The van der Waals surface area contributed by atoms with Crippen LogP contribution in [0.2, 0.25) is 0 Å². The van der Waals surface area contributed by atoms with Crippen LogP contribution in [0.4, 0.5) is 0 Å². The highest BCUT2D eigenvalue weighted by molar-refractivity contribution is 5.78. The molecule has 0 unspecified atom stereocenters. The zero-order valence-electron chi connectivity index (χ0n) is 14.8. The Kier molecular flexibility index (Phi) is 4.01. The predicted molar refractivity (Wildman–Crippen MR) is 91.0 cm³/mol. The molecule has 4 aliphatic rings. The van der Waals surface area contributed by atoms with E-state index in [-0.39, 0.29) is 12.0 Å². The van der Waals surface area contributed by atoms with Crippen molar-refractivity contribution in [3.63, 3.8) is 0 Å². The number of aromatic nitrogens is 3. The lowest BCUT2D eigenvalue weighted by Gasteiger charge is -2.44. The first kappa shape index (κ1) is 15.8. The fourth-order valence-electron chi connectivity index (χ4n) is 4.70. The molecule has 0 aromatic carbocycles. The van der Waals surface area contributed by atoms with Crippen molar-refractivity contribution >= 4 is 5.91 Å². The van der Waals surface area contributed by atoms with Gasteiger partial charge in [0.15, 0.2) is 0 Å². The minimum absolute atomic E-state index is 0.260. The summed E-state index contributed by atoms with van der Waals surface area (Å²) in [6, 6.07) is 0.296. The van der Waals surface area contributed by atoms with Gasteiger partial charge in [-0.25, -0.2) is 0 Å². The largest absolute Gasteiger partial charge is 0.374 e. The molecular formula is C18H27N5O2. The fourth-order valence-corrected chi connectivity index (χ4v) is 4.70. The molecule has 3 heterocycles. The standard InChI is InChI=1S/C18H27N5O2/c24-17(22-9-10-25-15-4-2-1-3-14(15)22)12-21-7-8-23-16(11-21)19-20-18(23)13-5-6-13/h13-15H,1-12H2/t14-,15+/m1/s1. The normalized spacial score (nSPS) is 30.0. The van der Waals surface area contributed by atoms with E-state index in [1.807, 2.05) is 0 Å². The SMILES string of the molecule is O=C(CN1CCn2c(nnc2C2CC2)C1)N1CCO[C@H]2CCCC[C@H]21. The topological polar surface area (TPSA) is 63.5 Å². The summed E-state index contributed by atoms with van der Waals surface area (Å²) in [4.78, 5) is 17.3. The number of ether oxygens (including phenoxy) is 1. The summed E-state index contributed by atoms with van der Waals surface area (Å²) in [5.41, 5.74) is 0. The van der Waals surface area contributed by atoms with E-state index in [4.69, 9.17) is 4.74 Å². The van der Waals surface area contributed by atoms with Crippen molar-refractivity contribution in [1.29, 1.82) is 0 Å². The van der Waals surface area contributed by atoms with Gasteiger partial charge in [0, 0.05) is 25.6 Å². The number of morpholine rings is 1. The van der Waals surface area contributed by atoms with Gasteiger partial charge in [-0.2, -0.15) is 0 Å². The van der Waals surface area contributed by atoms with Crippen LogP contribution in [0.5, 0.6) is 0 Å². The lowest BCUT2D eigenvalue weighted by molar-refractivity contribution is -0.151. The lowest BCUT2D eigenvalue weighted by Crippen LogP contribution is -2.57. The third kappa shape index (κ3) is 2.97. The van der Waals surface area contributed by atoms with E-state index in [0.29, 0.717) is 25.1 Å². The average molecular weight is 345 g/mol. The second-order valence-electron chi connectivity index (χ2n) is 7.96. The summed E-state index contributed by atoms with van der Waals surface area (Å²) in [7, 11) is 0. The van der Waals surface area contributed by atoms with Crippen LogP contribution >= 0.6 is 0 Å². The maximum absolute atomic E-state index is 12.9. The third-order valence-corrected chi connectivity index (χ3v) is 6.21. The molecule has 2 aliphatic carbocycles. The van der Waals surface area contributed by atoms with Crippen molar-refractivity contribution in [3.8, 4) is 0 Å². The minimum atomic E-state index is 0.260. The molecule has 2 atom stereocenters. The first-order chi connectivity index (χ1) is 12.3. The minimum Gasteiger partial charge on any atom is -0.374 e. The van der Waals surface area contributed by atoms with Gasteiger partial charge in [0.05, 0.1) is 31.8 Å². The van der Waals surface area contributed by atoms with E-state index in [1.165, 1.54) is 31.5 Å². The van der Waals surface area contributed by atoms with Crippen LogP contribution in [0.1, 0.15) is 56.1 Å². The van der Waals surface area contributed by atoms with Gasteiger partial charge in [-0.3, -0.25) is 9.69 Å². The van der Waals surface area contributed by atoms with Gasteiger partial charge in [-0.05, 0) is 25.7 Å². The number of hydrogen-bond acceptors (Lipinski definition) is 5. The van der Waals surface area contributed by atoms with Crippen molar-refractivity contribution in [3.05, 3.63) is 11.6 Å². The van der Waals surface area contributed by atoms with E-state index < -0.39 is 0 Å². The zero-order chi connectivity index (χ0) is 16.8. The van der Waals surface area contributed by atoms with Crippen LogP contribution in [0, 0.1) is 0 Å². The molecule has 1 aromatic rings. The van der Waals surface area contributed by atoms with Gasteiger partial charge in [0.1, 0.15) is 11.6 Å². The van der Waals surface area contributed by atoms with E-state index in [2.05, 4.69) is 24.6 Å². The molecule has 7 heteroatoms. The smallest absolute Gasteiger partial charge is 0.237 e. The van der Waals surface area contributed by atoms with Gasteiger partial charge in [0.25, 0.3) is 0 Å². The second-order valence-corrected chi connectivity index (χ2v) is 7.96. The van der Waals surface area contributed by atoms with Crippen LogP contribution in [0.3, 0.4) is 0 Å². The van der Waals surface area contributed by atoms with E-state index in [0.717, 1.165) is 44.8 Å². The van der Waals surface area contributed by atoms with Gasteiger partial charge >= 0.3 is 0 Å². The van der Waals surface area contributed by atoms with E-state index in [9.17, 15) is 4.79 Å². The lowest BCUT2D eigenvalue weighted by atomic mass is 9.90. The third-order valence-electron chi connectivity index (χ3n) is 6.21. The van der Waals surface area contributed by atoms with Crippen LogP contribution < -0.4 is 0 Å². The molecule has 2 saturated carbocycles. The van der Waals surface area contributed by atoms with Crippen LogP contribution in [-0.4, -0.2) is 68.9 Å². The van der Waals surface area contributed by atoms with Crippen molar-refractivity contribution < 1.29 is 9.53 Å². The molecule has 1 saturated heterocycles. The second kappa shape index (κ2) is 6.36. The van der Waals surface area contributed by atoms with Crippen molar-refractivity contribution in [1.82, 2.24) is 24.6 Å². The average Bonchev–Trinajstić information content (AvgIpc) is 3.40. The van der Waals surface area contributed by atoms with Crippen molar-refractivity contribution in [2.24, 2.45) is 0 Å². The first-order valence-electron chi connectivity index (χ1n) is 9.85. The van der Waals surface area contributed by atoms with E-state index in [1.54, 1.807) is 0 Å². The number of amides is 1. The summed E-state index contributed by atoms with van der Waals surface area (Å²) in [5.74, 6) is 3.08. The van der Waals surface area contributed by atoms with Gasteiger partial charge < -0.3 is 14.2 Å². The Morgan fingerprint density at radius 1 is 1.08 bits per heavy atom. The Labute approximate surface area is 148 Å². The molecule has 3 fully saturated rings. The molecule has 5 rings (SSSR count). The Morgan fingerprint density at radius 3 is 2.84 bits per heavy atom. The molecular weight excluding hydrogens is 318 g/mol. The summed E-state index contributed by atoms with van der Waals surface area (Å²) in [6.45, 7) is 4.49. The maximum atomic E-state index is 12.9. The van der Waals surface area contributed by atoms with Gasteiger partial charge in [0.2, 0.25) is 5.91 Å². The summed E-state index contributed by atoms with van der Waals surface area (Å²) >= 11 is 0. The monoisotopic (exact) mass is 345 g/mol. The predicted octanol–water partition coefficient (Wildman–Crippen LogP) is 1.14. The van der Waals surface area contributed by atoms with Crippen LogP contribution in [0.25, 0.3) is 0 Å². The molecule has 25 heavy (non-hydrogen) atoms. The molecule has 2 aliphatic heterocycles. The molecule has 0 radical (unpaired) electrons. The Hall–Kier alpha value is -1.47. The fraction of sp³-hybridized carbons (Fsp3) is 0.833. The molecule has 0 bridgehead atoms. The van der Waals surface area contributed by atoms with Crippen LogP contribution in [0.15, 0.2) is 0 Å². The number of fused-ring (bicyclic) bond motifs is 2. The molecule has 7 nitrogen and oxygen atoms in total. The maximum Gasteiger partial charge on any atom is 0.237 e. The van der Waals surface area contributed by atoms with Gasteiger partial charge in [-0.1, -0.05) is 12.8 Å². The van der Waals surface area contributed by atoms with E-state index >= 15 is 0 Å². The zero-order valence-corrected chi connectivity index (χ0v) is 14.8. The van der Waals surface area contributed by atoms with Crippen molar-refractivity contribution in [2.75, 3.05) is 26.2 Å².